The van der Waals surface area contributed by atoms with Gasteiger partial charge < -0.3 is 5.73 Å². The van der Waals surface area contributed by atoms with Crippen LogP contribution in [0.4, 0.5) is 5.69 Å². The largest absolute Gasteiger partial charge is 0.398 e. The first kappa shape index (κ1) is 12.0. The van der Waals surface area contributed by atoms with Gasteiger partial charge in [-0.05, 0) is 19.1 Å². The maximum absolute atomic E-state index is 7.16. The van der Waals surface area contributed by atoms with Gasteiger partial charge in [-0.1, -0.05) is 37.1 Å². The van der Waals surface area contributed by atoms with Gasteiger partial charge in [-0.2, -0.15) is 0 Å². The summed E-state index contributed by atoms with van der Waals surface area (Å²) in [4.78, 5) is 0. The summed E-state index contributed by atoms with van der Waals surface area (Å²) >= 11 is 5.48. The van der Waals surface area contributed by atoms with Crippen molar-refractivity contribution >= 4 is 22.5 Å². The highest BCUT2D eigenvalue weighted by Crippen LogP contribution is 2.15. The molecule has 0 saturated heterocycles. The highest BCUT2D eigenvalue weighted by atomic mass is 35.5. The molecule has 0 unspecified atom stereocenters. The summed E-state index contributed by atoms with van der Waals surface area (Å²) in [5, 5.41) is 7.15. The van der Waals surface area contributed by atoms with Crippen LogP contribution in [0.2, 0.25) is 0 Å². The minimum atomic E-state index is -0.00815. The van der Waals surface area contributed by atoms with Crippen LogP contribution in [-0.4, -0.2) is 5.17 Å². The third-order valence-electron chi connectivity index (χ3n) is 1.45. The molecule has 0 saturated carbocycles. The van der Waals surface area contributed by atoms with E-state index >= 15 is 0 Å². The van der Waals surface area contributed by atoms with Crippen molar-refractivity contribution in [2.75, 3.05) is 5.73 Å². The van der Waals surface area contributed by atoms with Crippen molar-refractivity contribution in [3.8, 4) is 0 Å². The van der Waals surface area contributed by atoms with Gasteiger partial charge >= 0.3 is 0 Å². The van der Waals surface area contributed by atoms with Crippen molar-refractivity contribution in [1.29, 1.82) is 5.41 Å². The van der Waals surface area contributed by atoms with Crippen LogP contribution in [0.1, 0.15) is 25.0 Å². The molecule has 0 aliphatic carbocycles. The number of nitrogen functional groups attached to an aromatic ring is 1. The second-order valence-corrected chi connectivity index (χ2v) is 2.78. The number of nitrogens with two attached hydrogens (primary N) is 1. The molecule has 0 fully saturated rings. The van der Waals surface area contributed by atoms with Gasteiger partial charge in [0.15, 0.2) is 0 Å². The zero-order chi connectivity index (χ0) is 10.4. The number of hydrogen-bond donors (Lipinski definition) is 2. The van der Waals surface area contributed by atoms with Crippen LogP contribution >= 0.6 is 11.6 Å². The molecule has 1 rings (SSSR count). The summed E-state index contributed by atoms with van der Waals surface area (Å²) < 4.78 is 0. The van der Waals surface area contributed by atoms with Crippen LogP contribution in [-0.2, 0) is 0 Å². The number of benzene rings is 1. The molecule has 0 bridgehead atoms. The van der Waals surface area contributed by atoms with Gasteiger partial charge in [0.05, 0.1) is 0 Å². The summed E-state index contributed by atoms with van der Waals surface area (Å²) in [6.07, 6.45) is 0. The van der Waals surface area contributed by atoms with E-state index in [0.29, 0.717) is 11.3 Å². The van der Waals surface area contributed by atoms with E-state index in [1.165, 1.54) is 0 Å². The SMILES string of the molecule is CC.Cc1ccc(N)c(C(=N)Cl)c1. The number of rotatable bonds is 1. The normalized spacial score (nSPS) is 8.62. The van der Waals surface area contributed by atoms with E-state index in [1.807, 2.05) is 26.8 Å². The Morgan fingerprint density at radius 3 is 2.31 bits per heavy atom. The Kier molecular flexibility index (Phi) is 5.16. The Morgan fingerprint density at radius 1 is 1.38 bits per heavy atom. The van der Waals surface area contributed by atoms with E-state index < -0.39 is 0 Å². The fourth-order valence-electron chi connectivity index (χ4n) is 0.860. The quantitative estimate of drug-likeness (QED) is 0.529. The molecule has 72 valence electrons. The lowest BCUT2D eigenvalue weighted by Crippen LogP contribution is -1.97. The minimum Gasteiger partial charge on any atom is -0.398 e. The lowest BCUT2D eigenvalue weighted by molar-refractivity contribution is 1.44. The zero-order valence-corrected chi connectivity index (χ0v) is 8.94. The average molecular weight is 199 g/mol. The number of halogens is 1. The third-order valence-corrected chi connectivity index (χ3v) is 1.65. The van der Waals surface area contributed by atoms with Gasteiger partial charge in [0.2, 0.25) is 0 Å². The predicted octanol–water partition coefficient (Wildman–Crippen LogP) is 3.17. The molecule has 0 amide bonds. The molecule has 13 heavy (non-hydrogen) atoms. The van der Waals surface area contributed by atoms with E-state index in [2.05, 4.69) is 0 Å². The topological polar surface area (TPSA) is 49.9 Å². The van der Waals surface area contributed by atoms with Gasteiger partial charge in [0.1, 0.15) is 5.17 Å². The van der Waals surface area contributed by atoms with Crippen LogP contribution in [0.25, 0.3) is 0 Å². The number of nitrogens with one attached hydrogen (secondary N) is 1. The van der Waals surface area contributed by atoms with Gasteiger partial charge in [-0.25, -0.2) is 0 Å². The molecular weight excluding hydrogens is 184 g/mol. The van der Waals surface area contributed by atoms with Crippen molar-refractivity contribution in [1.82, 2.24) is 0 Å². The van der Waals surface area contributed by atoms with Gasteiger partial charge in [0, 0.05) is 11.3 Å². The zero-order valence-electron chi connectivity index (χ0n) is 8.19. The van der Waals surface area contributed by atoms with Crippen LogP contribution in [0, 0.1) is 12.3 Å². The van der Waals surface area contributed by atoms with Gasteiger partial charge in [-0.3, -0.25) is 5.41 Å². The Hall–Kier alpha value is -1.02. The van der Waals surface area contributed by atoms with E-state index in [0.717, 1.165) is 5.56 Å². The molecule has 0 spiro atoms. The molecule has 0 aromatic heterocycles. The number of aryl methyl sites for hydroxylation is 1. The van der Waals surface area contributed by atoms with E-state index in [-0.39, 0.29) is 5.17 Å². The average Bonchev–Trinajstić information content (AvgIpc) is 2.12. The number of anilines is 1. The maximum atomic E-state index is 7.16. The van der Waals surface area contributed by atoms with Crippen molar-refractivity contribution in [2.45, 2.75) is 20.8 Å². The van der Waals surface area contributed by atoms with Crippen LogP contribution in [0.5, 0.6) is 0 Å². The highest BCUT2D eigenvalue weighted by Gasteiger charge is 2.01. The fourth-order valence-corrected chi connectivity index (χ4v) is 1.02. The molecule has 3 N–H and O–H groups in total. The molecule has 3 heteroatoms. The molecule has 0 aliphatic heterocycles. The lowest BCUT2D eigenvalue weighted by atomic mass is 10.1. The molecule has 0 aliphatic rings. The first-order valence-corrected chi connectivity index (χ1v) is 4.59. The Morgan fingerprint density at radius 2 is 1.92 bits per heavy atom. The Balaban J connectivity index is 0.000000671. The third kappa shape index (κ3) is 3.47. The van der Waals surface area contributed by atoms with Crippen molar-refractivity contribution < 1.29 is 0 Å². The molecule has 0 heterocycles. The summed E-state index contributed by atoms with van der Waals surface area (Å²) in [6, 6.07) is 5.44. The molecule has 0 atom stereocenters. The summed E-state index contributed by atoms with van der Waals surface area (Å²) in [7, 11) is 0. The molecule has 2 nitrogen and oxygen atoms in total. The number of hydrogen-bond acceptors (Lipinski definition) is 2. The molecule has 1 aromatic carbocycles. The fraction of sp³-hybridized carbons (Fsp3) is 0.300. The minimum absolute atomic E-state index is 0.00815. The van der Waals surface area contributed by atoms with E-state index in [9.17, 15) is 0 Å². The van der Waals surface area contributed by atoms with Crippen molar-refractivity contribution in [2.24, 2.45) is 0 Å². The standard InChI is InChI=1S/C8H9ClN2.C2H6/c1-5-2-3-7(10)6(4-5)8(9)11;1-2/h2-4,11H,10H2,1H3;1-2H3. The van der Waals surface area contributed by atoms with Crippen molar-refractivity contribution in [3.63, 3.8) is 0 Å². The predicted molar refractivity (Wildman–Crippen MR) is 59.6 cm³/mol. The lowest BCUT2D eigenvalue weighted by Gasteiger charge is -2.02. The van der Waals surface area contributed by atoms with Gasteiger partial charge in [0.25, 0.3) is 0 Å². The monoisotopic (exact) mass is 198 g/mol. The Labute approximate surface area is 84.2 Å². The maximum Gasteiger partial charge on any atom is 0.130 e. The second-order valence-electron chi connectivity index (χ2n) is 2.40. The van der Waals surface area contributed by atoms with Crippen molar-refractivity contribution in [3.05, 3.63) is 29.3 Å². The summed E-state index contributed by atoms with van der Waals surface area (Å²) in [5.74, 6) is 0. The van der Waals surface area contributed by atoms with Crippen LogP contribution in [0.3, 0.4) is 0 Å². The molecular formula is C10H15ClN2. The first-order chi connectivity index (χ1) is 6.11. The summed E-state index contributed by atoms with van der Waals surface area (Å²) in [6.45, 7) is 5.93. The van der Waals surface area contributed by atoms with E-state index in [4.69, 9.17) is 22.7 Å². The molecule has 1 aromatic rings. The summed E-state index contributed by atoms with van der Waals surface area (Å²) in [5.41, 5.74) is 7.78. The Bertz CT molecular complexity index is 295. The van der Waals surface area contributed by atoms with Gasteiger partial charge in [-0.15, -0.1) is 0 Å². The van der Waals surface area contributed by atoms with E-state index in [1.54, 1.807) is 12.1 Å². The molecule has 0 radical (unpaired) electrons. The second kappa shape index (κ2) is 5.60. The van der Waals surface area contributed by atoms with Crippen LogP contribution < -0.4 is 5.73 Å². The smallest absolute Gasteiger partial charge is 0.130 e. The van der Waals surface area contributed by atoms with Crippen LogP contribution in [0.15, 0.2) is 18.2 Å². The first-order valence-electron chi connectivity index (χ1n) is 4.22. The highest BCUT2D eigenvalue weighted by molar-refractivity contribution is 6.69.